The zero-order valence-corrected chi connectivity index (χ0v) is 20.1. The third-order valence-corrected chi connectivity index (χ3v) is 6.96. The minimum Gasteiger partial charge on any atom is -0.479 e. The Morgan fingerprint density at radius 2 is 1.66 bits per heavy atom. The van der Waals surface area contributed by atoms with E-state index >= 15 is 0 Å². The van der Waals surface area contributed by atoms with Crippen LogP contribution >= 0.6 is 0 Å². The van der Waals surface area contributed by atoms with Gasteiger partial charge >= 0.3 is 12.1 Å². The predicted molar refractivity (Wildman–Crippen MR) is 130 cm³/mol. The number of carbonyl (C=O) groups excluding carboxylic acids is 2. The first-order valence-corrected chi connectivity index (χ1v) is 12.0. The average Bonchev–Trinajstić information content (AvgIpc) is 3.44. The van der Waals surface area contributed by atoms with Crippen molar-refractivity contribution in [1.29, 1.82) is 0 Å². The SMILES string of the molecule is CC(C)(CCNC(=O)OCC1c2ccccc2-c2ccccc21)C(=O)NC[C@@H]1CCO[C@@H]1C(=O)O. The highest BCUT2D eigenvalue weighted by Crippen LogP contribution is 2.44. The number of carbonyl (C=O) groups is 3. The summed E-state index contributed by atoms with van der Waals surface area (Å²) in [5.74, 6) is -1.45. The van der Waals surface area contributed by atoms with Crippen molar-refractivity contribution in [2.75, 3.05) is 26.3 Å². The number of rotatable bonds is 9. The molecule has 0 saturated carbocycles. The molecule has 4 rings (SSSR count). The van der Waals surface area contributed by atoms with Gasteiger partial charge in [0.2, 0.25) is 5.91 Å². The van der Waals surface area contributed by atoms with Gasteiger partial charge in [0.15, 0.2) is 6.10 Å². The largest absolute Gasteiger partial charge is 0.479 e. The highest BCUT2D eigenvalue weighted by atomic mass is 16.5. The lowest BCUT2D eigenvalue weighted by molar-refractivity contribution is -0.149. The Balaban J connectivity index is 1.23. The molecule has 0 unspecified atom stereocenters. The zero-order chi connectivity index (χ0) is 25.0. The van der Waals surface area contributed by atoms with E-state index in [1.54, 1.807) is 13.8 Å². The van der Waals surface area contributed by atoms with Gasteiger partial charge in [0.25, 0.3) is 0 Å². The van der Waals surface area contributed by atoms with Crippen molar-refractivity contribution in [3.63, 3.8) is 0 Å². The van der Waals surface area contributed by atoms with E-state index in [0.717, 1.165) is 11.1 Å². The fraction of sp³-hybridized carbons (Fsp3) is 0.444. The first-order chi connectivity index (χ1) is 16.8. The summed E-state index contributed by atoms with van der Waals surface area (Å²) in [6, 6.07) is 16.3. The summed E-state index contributed by atoms with van der Waals surface area (Å²) >= 11 is 0. The molecule has 0 spiro atoms. The highest BCUT2D eigenvalue weighted by molar-refractivity contribution is 5.82. The van der Waals surface area contributed by atoms with E-state index in [-0.39, 0.29) is 37.4 Å². The van der Waals surface area contributed by atoms with E-state index in [1.807, 2.05) is 24.3 Å². The first kappa shape index (κ1) is 24.7. The van der Waals surface area contributed by atoms with Crippen molar-refractivity contribution in [2.24, 2.45) is 11.3 Å². The summed E-state index contributed by atoms with van der Waals surface area (Å²) < 4.78 is 10.8. The van der Waals surface area contributed by atoms with Crippen LogP contribution in [0.2, 0.25) is 0 Å². The Morgan fingerprint density at radius 1 is 1.03 bits per heavy atom. The quantitative estimate of drug-likeness (QED) is 0.506. The Labute approximate surface area is 205 Å². The fourth-order valence-electron chi connectivity index (χ4n) is 4.82. The van der Waals surface area contributed by atoms with Gasteiger partial charge in [0.05, 0.1) is 0 Å². The summed E-state index contributed by atoms with van der Waals surface area (Å²) in [6.07, 6.45) is -0.391. The van der Waals surface area contributed by atoms with Crippen LogP contribution in [-0.2, 0) is 19.1 Å². The average molecular weight is 481 g/mol. The molecule has 1 aliphatic carbocycles. The third-order valence-electron chi connectivity index (χ3n) is 6.96. The molecule has 2 aromatic carbocycles. The Morgan fingerprint density at radius 3 is 2.29 bits per heavy atom. The molecule has 0 radical (unpaired) electrons. The van der Waals surface area contributed by atoms with Crippen LogP contribution in [0, 0.1) is 11.3 Å². The lowest BCUT2D eigenvalue weighted by atomic mass is 9.88. The van der Waals surface area contributed by atoms with E-state index in [9.17, 15) is 19.5 Å². The van der Waals surface area contributed by atoms with Crippen LogP contribution in [0.1, 0.15) is 43.7 Å². The van der Waals surface area contributed by atoms with E-state index in [1.165, 1.54) is 11.1 Å². The Hall–Kier alpha value is -3.39. The van der Waals surface area contributed by atoms with Gasteiger partial charge in [-0.2, -0.15) is 0 Å². The lowest BCUT2D eigenvalue weighted by Crippen LogP contribution is -2.43. The van der Waals surface area contributed by atoms with Crippen molar-refractivity contribution >= 4 is 18.0 Å². The van der Waals surface area contributed by atoms with E-state index in [0.29, 0.717) is 19.4 Å². The minimum absolute atomic E-state index is 0.00966. The molecule has 8 heteroatoms. The van der Waals surface area contributed by atoms with Gasteiger partial charge < -0.3 is 25.2 Å². The van der Waals surface area contributed by atoms with E-state index in [4.69, 9.17) is 9.47 Å². The maximum absolute atomic E-state index is 12.7. The number of nitrogens with one attached hydrogen (secondary N) is 2. The fourth-order valence-corrected chi connectivity index (χ4v) is 4.82. The second-order valence-electron chi connectivity index (χ2n) is 9.77. The summed E-state index contributed by atoms with van der Waals surface area (Å²) in [7, 11) is 0. The van der Waals surface area contributed by atoms with Crippen molar-refractivity contribution in [3.05, 3.63) is 59.7 Å². The van der Waals surface area contributed by atoms with Gasteiger partial charge in [0.1, 0.15) is 6.61 Å². The molecule has 2 aromatic rings. The third kappa shape index (κ3) is 5.48. The summed E-state index contributed by atoms with van der Waals surface area (Å²) in [5, 5.41) is 14.8. The molecule has 2 aliphatic rings. The number of benzene rings is 2. The first-order valence-electron chi connectivity index (χ1n) is 12.0. The molecule has 3 N–H and O–H groups in total. The molecule has 2 atom stereocenters. The molecule has 0 bridgehead atoms. The normalized spacial score (nSPS) is 19.0. The molecular formula is C27H32N2O6. The molecule has 8 nitrogen and oxygen atoms in total. The maximum Gasteiger partial charge on any atom is 0.407 e. The number of carboxylic acid groups (broad SMARTS) is 1. The maximum atomic E-state index is 12.7. The van der Waals surface area contributed by atoms with Crippen LogP contribution in [0.3, 0.4) is 0 Å². The second-order valence-corrected chi connectivity index (χ2v) is 9.77. The standard InChI is InChI=1S/C27H32N2O6/c1-27(2,25(32)29-15-17-11-14-34-23(17)24(30)31)12-13-28-26(33)35-16-22-20-9-5-3-7-18(20)19-8-4-6-10-21(19)22/h3-10,17,22-23H,11-16H2,1-2H3,(H,28,33)(H,29,32)(H,30,31)/t17-,23-/m0/s1. The molecule has 0 aromatic heterocycles. The van der Waals surface area contributed by atoms with Crippen LogP contribution in [0.15, 0.2) is 48.5 Å². The van der Waals surface area contributed by atoms with Gasteiger partial charge in [-0.15, -0.1) is 0 Å². The number of amides is 2. The zero-order valence-electron chi connectivity index (χ0n) is 20.1. The van der Waals surface area contributed by atoms with Crippen LogP contribution in [0.5, 0.6) is 0 Å². The van der Waals surface area contributed by atoms with Crippen LogP contribution in [0.4, 0.5) is 4.79 Å². The Bertz CT molecular complexity index is 1050. The van der Waals surface area contributed by atoms with Crippen molar-refractivity contribution in [1.82, 2.24) is 10.6 Å². The topological polar surface area (TPSA) is 114 Å². The molecule has 1 aliphatic heterocycles. The number of hydrogen-bond donors (Lipinski definition) is 3. The van der Waals surface area contributed by atoms with Gasteiger partial charge in [-0.1, -0.05) is 62.4 Å². The van der Waals surface area contributed by atoms with Gasteiger partial charge in [-0.05, 0) is 35.1 Å². The Kier molecular flexibility index (Phi) is 7.40. The summed E-state index contributed by atoms with van der Waals surface area (Å²) in [4.78, 5) is 36.3. The number of alkyl carbamates (subject to hydrolysis) is 1. The molecule has 186 valence electrons. The number of aliphatic carboxylic acids is 1. The second kappa shape index (κ2) is 10.5. The van der Waals surface area contributed by atoms with Crippen LogP contribution < -0.4 is 10.6 Å². The molecular weight excluding hydrogens is 448 g/mol. The van der Waals surface area contributed by atoms with Gasteiger partial charge in [-0.3, -0.25) is 4.79 Å². The molecule has 35 heavy (non-hydrogen) atoms. The van der Waals surface area contributed by atoms with E-state index < -0.39 is 23.6 Å². The monoisotopic (exact) mass is 480 g/mol. The summed E-state index contributed by atoms with van der Waals surface area (Å²) in [5.41, 5.74) is 3.90. The highest BCUT2D eigenvalue weighted by Gasteiger charge is 2.36. The van der Waals surface area contributed by atoms with Gasteiger partial charge in [0, 0.05) is 36.9 Å². The molecule has 1 saturated heterocycles. The number of fused-ring (bicyclic) bond motifs is 3. The molecule has 1 fully saturated rings. The van der Waals surface area contributed by atoms with Crippen LogP contribution in [0.25, 0.3) is 11.1 Å². The van der Waals surface area contributed by atoms with E-state index in [2.05, 4.69) is 34.9 Å². The molecule has 2 amide bonds. The summed E-state index contributed by atoms with van der Waals surface area (Å²) in [6.45, 7) is 4.73. The van der Waals surface area contributed by atoms with Gasteiger partial charge in [-0.25, -0.2) is 9.59 Å². The predicted octanol–water partition coefficient (Wildman–Crippen LogP) is 3.55. The minimum atomic E-state index is -1.01. The number of hydrogen-bond acceptors (Lipinski definition) is 5. The van der Waals surface area contributed by atoms with Crippen LogP contribution in [-0.4, -0.2) is 55.5 Å². The number of carboxylic acids is 1. The molecule has 1 heterocycles. The number of ether oxygens (including phenoxy) is 2. The lowest BCUT2D eigenvalue weighted by Gasteiger charge is -2.25. The van der Waals surface area contributed by atoms with Crippen molar-refractivity contribution < 1.29 is 29.0 Å². The van der Waals surface area contributed by atoms with Crippen molar-refractivity contribution in [3.8, 4) is 11.1 Å². The van der Waals surface area contributed by atoms with Crippen molar-refractivity contribution in [2.45, 2.75) is 38.7 Å². The smallest absolute Gasteiger partial charge is 0.407 e.